The number of carbonyl (C=O) groups is 1. The molecule has 4 unspecified atom stereocenters. The molecule has 5 nitrogen and oxygen atoms in total. The highest BCUT2D eigenvalue weighted by Crippen LogP contribution is 2.65. The molecule has 0 aromatic heterocycles. The number of carboxylic acids is 1. The standard InChI is InChI=1S/C24H38O5/c1-14-7-8-18-17(11-14)12-15(2)22(4)13-20(27-24(18,22)6)23(5)10-9-19(28-29-23)16(3)21(25)26/h11,15-20H,7-10,12-13H2,1-6H3,(H,25,26)/t15-,16+,17?,18?,19+,20-,22?,23+,24?/m0/s1. The second-order valence-corrected chi connectivity index (χ2v) is 11.0. The molecule has 4 rings (SSSR count). The van der Waals surface area contributed by atoms with E-state index in [9.17, 15) is 9.90 Å². The predicted molar refractivity (Wildman–Crippen MR) is 110 cm³/mol. The number of hydrogen-bond acceptors (Lipinski definition) is 4. The van der Waals surface area contributed by atoms with Gasteiger partial charge in [-0.25, -0.2) is 9.78 Å². The molecule has 0 radical (unpaired) electrons. The molecular weight excluding hydrogens is 368 g/mol. The van der Waals surface area contributed by atoms with Gasteiger partial charge in [-0.2, -0.15) is 0 Å². The molecule has 0 amide bonds. The number of hydrogen-bond donors (Lipinski definition) is 1. The van der Waals surface area contributed by atoms with Gasteiger partial charge in [0.2, 0.25) is 0 Å². The van der Waals surface area contributed by atoms with Crippen LogP contribution in [0.3, 0.4) is 0 Å². The van der Waals surface area contributed by atoms with E-state index in [-0.39, 0.29) is 17.1 Å². The van der Waals surface area contributed by atoms with Gasteiger partial charge in [-0.05, 0) is 84.0 Å². The molecule has 0 spiro atoms. The molecule has 5 heteroatoms. The van der Waals surface area contributed by atoms with E-state index in [1.807, 2.05) is 0 Å². The van der Waals surface area contributed by atoms with E-state index in [0.29, 0.717) is 24.2 Å². The summed E-state index contributed by atoms with van der Waals surface area (Å²) in [5.74, 6) is 0.317. The Hall–Kier alpha value is -0.910. The Morgan fingerprint density at radius 3 is 2.62 bits per heavy atom. The third kappa shape index (κ3) is 3.19. The summed E-state index contributed by atoms with van der Waals surface area (Å²) < 4.78 is 6.97. The summed E-state index contributed by atoms with van der Waals surface area (Å²) in [6.07, 6.45) is 8.08. The van der Waals surface area contributed by atoms with E-state index < -0.39 is 23.6 Å². The third-order valence-electron chi connectivity index (χ3n) is 9.33. The van der Waals surface area contributed by atoms with Gasteiger partial charge in [0.25, 0.3) is 0 Å². The molecule has 0 bridgehead atoms. The van der Waals surface area contributed by atoms with Crippen molar-refractivity contribution in [1.82, 2.24) is 0 Å². The fraction of sp³-hybridized carbons (Fsp3) is 0.875. The van der Waals surface area contributed by atoms with Crippen molar-refractivity contribution in [3.05, 3.63) is 11.6 Å². The summed E-state index contributed by atoms with van der Waals surface area (Å²) in [6.45, 7) is 13.2. The summed E-state index contributed by atoms with van der Waals surface area (Å²) in [7, 11) is 0. The monoisotopic (exact) mass is 406 g/mol. The van der Waals surface area contributed by atoms with Crippen LogP contribution in [0.2, 0.25) is 0 Å². The van der Waals surface area contributed by atoms with E-state index in [2.05, 4.69) is 40.7 Å². The molecule has 0 aromatic carbocycles. The van der Waals surface area contributed by atoms with Gasteiger partial charge in [-0.15, -0.1) is 0 Å². The highest BCUT2D eigenvalue weighted by molar-refractivity contribution is 5.70. The Bertz CT molecular complexity index is 693. The van der Waals surface area contributed by atoms with Crippen molar-refractivity contribution in [3.8, 4) is 0 Å². The summed E-state index contributed by atoms with van der Waals surface area (Å²) in [5.41, 5.74) is 0.924. The van der Waals surface area contributed by atoms with Crippen molar-refractivity contribution >= 4 is 5.97 Å². The largest absolute Gasteiger partial charge is 0.481 e. The van der Waals surface area contributed by atoms with Crippen LogP contribution in [0.5, 0.6) is 0 Å². The zero-order valence-corrected chi connectivity index (χ0v) is 18.9. The molecule has 4 aliphatic rings. The second kappa shape index (κ2) is 7.06. The number of allylic oxidation sites excluding steroid dienone is 2. The minimum Gasteiger partial charge on any atom is -0.481 e. The SMILES string of the molecule is CC1=CC2C[C@H](C)C3(C)C[C@@H]([C@@]4(C)CC[C@H]([C@@H](C)C(=O)O)OO4)OC3(C)C2CC1. The molecule has 1 saturated carbocycles. The highest BCUT2D eigenvalue weighted by atomic mass is 17.2. The van der Waals surface area contributed by atoms with E-state index in [1.165, 1.54) is 24.8 Å². The van der Waals surface area contributed by atoms with Crippen molar-refractivity contribution < 1.29 is 24.4 Å². The van der Waals surface area contributed by atoms with Gasteiger partial charge in [0, 0.05) is 5.41 Å². The molecule has 2 aliphatic heterocycles. The van der Waals surface area contributed by atoms with Crippen LogP contribution in [0, 0.1) is 29.1 Å². The zero-order valence-electron chi connectivity index (χ0n) is 18.9. The van der Waals surface area contributed by atoms with Crippen LogP contribution in [-0.2, 0) is 19.3 Å². The van der Waals surface area contributed by atoms with Gasteiger partial charge in [0.15, 0.2) is 0 Å². The minimum atomic E-state index is -0.842. The number of fused-ring (bicyclic) bond motifs is 3. The quantitative estimate of drug-likeness (QED) is 0.519. The van der Waals surface area contributed by atoms with Crippen molar-refractivity contribution in [2.24, 2.45) is 29.1 Å². The van der Waals surface area contributed by atoms with Crippen LogP contribution >= 0.6 is 0 Å². The number of carboxylic acid groups (broad SMARTS) is 1. The maximum Gasteiger partial charge on any atom is 0.308 e. The average molecular weight is 407 g/mol. The van der Waals surface area contributed by atoms with Crippen LogP contribution in [0.25, 0.3) is 0 Å². The zero-order chi connectivity index (χ0) is 21.2. The lowest BCUT2D eigenvalue weighted by Gasteiger charge is -2.56. The van der Waals surface area contributed by atoms with Gasteiger partial charge in [-0.1, -0.05) is 25.5 Å². The molecule has 2 aliphatic carbocycles. The Balaban J connectivity index is 1.54. The van der Waals surface area contributed by atoms with E-state index in [4.69, 9.17) is 14.5 Å². The van der Waals surface area contributed by atoms with Crippen LogP contribution < -0.4 is 0 Å². The number of aliphatic carboxylic acids is 1. The van der Waals surface area contributed by atoms with E-state index in [0.717, 1.165) is 12.8 Å². The fourth-order valence-corrected chi connectivity index (χ4v) is 6.75. The Morgan fingerprint density at radius 2 is 2.00 bits per heavy atom. The van der Waals surface area contributed by atoms with Gasteiger partial charge >= 0.3 is 5.97 Å². The lowest BCUT2D eigenvalue weighted by molar-refractivity contribution is -0.426. The highest BCUT2D eigenvalue weighted by Gasteiger charge is 2.66. The van der Waals surface area contributed by atoms with Gasteiger partial charge in [0.1, 0.15) is 11.7 Å². The Labute approximate surface area is 175 Å². The predicted octanol–water partition coefficient (Wildman–Crippen LogP) is 5.14. The lowest BCUT2D eigenvalue weighted by atomic mass is 9.50. The maximum atomic E-state index is 11.3. The molecule has 9 atom stereocenters. The van der Waals surface area contributed by atoms with Gasteiger partial charge < -0.3 is 9.84 Å². The van der Waals surface area contributed by atoms with Crippen LogP contribution in [0.15, 0.2) is 11.6 Å². The smallest absolute Gasteiger partial charge is 0.308 e. The lowest BCUT2D eigenvalue weighted by Crippen LogP contribution is -2.57. The third-order valence-corrected chi connectivity index (χ3v) is 9.33. The number of rotatable bonds is 3. The van der Waals surface area contributed by atoms with E-state index in [1.54, 1.807) is 6.92 Å². The maximum absolute atomic E-state index is 11.3. The molecule has 2 saturated heterocycles. The average Bonchev–Trinajstić information content (AvgIpc) is 2.96. The summed E-state index contributed by atoms with van der Waals surface area (Å²) >= 11 is 0. The molecule has 0 aromatic rings. The second-order valence-electron chi connectivity index (χ2n) is 11.0. The van der Waals surface area contributed by atoms with Crippen molar-refractivity contribution in [3.63, 3.8) is 0 Å². The van der Waals surface area contributed by atoms with Crippen LogP contribution in [0.1, 0.15) is 80.1 Å². The van der Waals surface area contributed by atoms with Crippen molar-refractivity contribution in [2.45, 2.75) is 103 Å². The first kappa shape index (κ1) is 21.3. The summed E-state index contributed by atoms with van der Waals surface area (Å²) in [5, 5.41) is 9.28. The fourth-order valence-electron chi connectivity index (χ4n) is 6.75. The van der Waals surface area contributed by atoms with Crippen molar-refractivity contribution in [1.29, 1.82) is 0 Å². The van der Waals surface area contributed by atoms with Gasteiger partial charge in [-0.3, -0.25) is 4.79 Å². The molecular formula is C24H38O5. The summed E-state index contributed by atoms with van der Waals surface area (Å²) in [4.78, 5) is 22.8. The normalized spacial score (nSPS) is 51.0. The van der Waals surface area contributed by atoms with Crippen molar-refractivity contribution in [2.75, 3.05) is 0 Å². The van der Waals surface area contributed by atoms with Gasteiger partial charge in [0.05, 0.1) is 17.6 Å². The number of ether oxygens (including phenoxy) is 1. The van der Waals surface area contributed by atoms with Crippen LogP contribution in [-0.4, -0.2) is 34.5 Å². The van der Waals surface area contributed by atoms with E-state index >= 15 is 0 Å². The summed E-state index contributed by atoms with van der Waals surface area (Å²) in [6, 6.07) is 0. The Kier molecular flexibility index (Phi) is 5.20. The first-order chi connectivity index (χ1) is 13.5. The first-order valence-corrected chi connectivity index (χ1v) is 11.4. The first-order valence-electron chi connectivity index (χ1n) is 11.4. The Morgan fingerprint density at radius 1 is 1.28 bits per heavy atom. The molecule has 3 fully saturated rings. The molecule has 1 N–H and O–H groups in total. The molecule has 29 heavy (non-hydrogen) atoms. The topological polar surface area (TPSA) is 65.0 Å². The van der Waals surface area contributed by atoms with Crippen LogP contribution in [0.4, 0.5) is 0 Å². The molecule has 2 heterocycles. The molecule has 164 valence electrons. The minimum absolute atomic E-state index is 0.0354.